The van der Waals surface area contributed by atoms with E-state index in [-0.39, 0.29) is 12.1 Å². The smallest absolute Gasteiger partial charge is 0.410 e. The summed E-state index contributed by atoms with van der Waals surface area (Å²) in [6.45, 7) is 6.29. The number of piperidine rings is 2. The Balaban J connectivity index is 2.09. The van der Waals surface area contributed by atoms with Gasteiger partial charge in [-0.15, -0.1) is 0 Å². The van der Waals surface area contributed by atoms with Gasteiger partial charge in [-0.1, -0.05) is 5.16 Å². The Morgan fingerprint density at radius 2 is 2.18 bits per heavy atom. The number of rotatable bonds is 0. The molecule has 3 aliphatic rings. The Hall–Kier alpha value is -1.26. The minimum absolute atomic E-state index is 0.0696. The molecule has 2 aliphatic heterocycles. The van der Waals surface area contributed by atoms with Crippen LogP contribution in [0, 0.1) is 5.92 Å². The minimum atomic E-state index is -0.482. The van der Waals surface area contributed by atoms with E-state index in [1.165, 1.54) is 0 Å². The van der Waals surface area contributed by atoms with E-state index >= 15 is 0 Å². The molecule has 2 unspecified atom stereocenters. The van der Waals surface area contributed by atoms with E-state index in [4.69, 9.17) is 9.94 Å². The largest absolute Gasteiger partial charge is 0.444 e. The fraction of sp³-hybridized carbons (Fsp3) is 0.833. The van der Waals surface area contributed by atoms with Gasteiger partial charge >= 0.3 is 6.09 Å². The molecule has 0 radical (unpaired) electrons. The van der Waals surface area contributed by atoms with Gasteiger partial charge in [-0.2, -0.15) is 0 Å². The first-order valence-electron chi connectivity index (χ1n) is 6.11. The maximum absolute atomic E-state index is 12.0. The number of amides is 1. The summed E-state index contributed by atoms with van der Waals surface area (Å²) in [6.07, 6.45) is 2.49. The van der Waals surface area contributed by atoms with E-state index < -0.39 is 5.60 Å². The van der Waals surface area contributed by atoms with E-state index in [0.29, 0.717) is 5.92 Å². The minimum Gasteiger partial charge on any atom is -0.444 e. The summed E-state index contributed by atoms with van der Waals surface area (Å²) in [7, 11) is 0. The van der Waals surface area contributed by atoms with Gasteiger partial charge in [0.25, 0.3) is 0 Å². The quantitative estimate of drug-likeness (QED) is 0.521. The number of hydrogen-bond acceptors (Lipinski definition) is 4. The molecule has 2 saturated heterocycles. The molecule has 1 aliphatic carbocycles. The number of hydrogen-bond donors (Lipinski definition) is 1. The molecule has 2 heterocycles. The van der Waals surface area contributed by atoms with Gasteiger partial charge in [0.1, 0.15) is 5.60 Å². The molecule has 17 heavy (non-hydrogen) atoms. The zero-order valence-corrected chi connectivity index (χ0v) is 10.6. The zero-order chi connectivity index (χ0) is 12.6. The molecule has 2 atom stereocenters. The second-order valence-electron chi connectivity index (χ2n) is 5.89. The molecule has 0 aromatic carbocycles. The predicted molar refractivity (Wildman–Crippen MR) is 63.3 cm³/mol. The molecule has 2 bridgehead atoms. The van der Waals surface area contributed by atoms with Gasteiger partial charge in [0.05, 0.1) is 11.8 Å². The lowest BCUT2D eigenvalue weighted by Crippen LogP contribution is -2.56. The molecule has 1 amide bonds. The van der Waals surface area contributed by atoms with E-state index in [0.717, 1.165) is 31.5 Å². The average Bonchev–Trinajstić information content (AvgIpc) is 2.27. The van der Waals surface area contributed by atoms with Crippen LogP contribution in [0.3, 0.4) is 0 Å². The lowest BCUT2D eigenvalue weighted by atomic mass is 9.79. The van der Waals surface area contributed by atoms with Gasteiger partial charge in [-0.3, -0.25) is 4.90 Å². The van der Waals surface area contributed by atoms with Crippen molar-refractivity contribution in [2.45, 2.75) is 51.7 Å². The van der Waals surface area contributed by atoms with Gasteiger partial charge in [0.15, 0.2) is 0 Å². The number of fused-ring (bicyclic) bond motifs is 3. The molecule has 96 valence electrons. The van der Waals surface area contributed by atoms with E-state index in [1.54, 1.807) is 4.90 Å². The third-order valence-electron chi connectivity index (χ3n) is 3.32. The molecule has 0 aromatic heterocycles. The Morgan fingerprint density at radius 1 is 1.47 bits per heavy atom. The monoisotopic (exact) mass is 240 g/mol. The zero-order valence-electron chi connectivity index (χ0n) is 10.6. The van der Waals surface area contributed by atoms with Crippen LogP contribution >= 0.6 is 0 Å². The molecule has 0 spiro atoms. The van der Waals surface area contributed by atoms with Gasteiger partial charge in [-0.25, -0.2) is 4.79 Å². The van der Waals surface area contributed by atoms with E-state index in [2.05, 4.69) is 5.16 Å². The van der Waals surface area contributed by atoms with Crippen LogP contribution in [0.4, 0.5) is 4.79 Å². The van der Waals surface area contributed by atoms with Crippen LogP contribution in [-0.2, 0) is 4.74 Å². The second-order valence-corrected chi connectivity index (χ2v) is 5.89. The first-order chi connectivity index (χ1) is 7.90. The van der Waals surface area contributed by atoms with Crippen molar-refractivity contribution >= 4 is 11.8 Å². The number of nitrogens with zero attached hydrogens (tertiary/aromatic N) is 2. The Morgan fingerprint density at radius 3 is 2.71 bits per heavy atom. The summed E-state index contributed by atoms with van der Waals surface area (Å²) in [5.74, 6) is 0.415. The van der Waals surface area contributed by atoms with Crippen LogP contribution in [-0.4, -0.2) is 40.1 Å². The molecule has 1 N–H and O–H groups in total. The average molecular weight is 240 g/mol. The highest BCUT2D eigenvalue weighted by molar-refractivity contribution is 5.93. The van der Waals surface area contributed by atoms with Crippen molar-refractivity contribution in [3.63, 3.8) is 0 Å². The van der Waals surface area contributed by atoms with Crippen molar-refractivity contribution in [1.82, 2.24) is 4.90 Å². The maximum Gasteiger partial charge on any atom is 0.410 e. The summed E-state index contributed by atoms with van der Waals surface area (Å²) in [4.78, 5) is 13.7. The number of oxime groups is 1. The summed E-state index contributed by atoms with van der Waals surface area (Å²) in [5, 5.41) is 12.3. The van der Waals surface area contributed by atoms with Crippen LogP contribution in [0.1, 0.15) is 40.0 Å². The number of ether oxygens (including phenoxy) is 1. The van der Waals surface area contributed by atoms with E-state index in [1.807, 2.05) is 20.8 Å². The topological polar surface area (TPSA) is 62.1 Å². The summed E-state index contributed by atoms with van der Waals surface area (Å²) < 4.78 is 5.37. The highest BCUT2D eigenvalue weighted by Gasteiger charge is 2.42. The highest BCUT2D eigenvalue weighted by Crippen LogP contribution is 2.34. The first kappa shape index (κ1) is 12.2. The number of carbonyl (C=O) groups is 1. The van der Waals surface area contributed by atoms with Crippen LogP contribution < -0.4 is 0 Å². The van der Waals surface area contributed by atoms with Crippen molar-refractivity contribution in [3.05, 3.63) is 0 Å². The van der Waals surface area contributed by atoms with Crippen LogP contribution in [0.15, 0.2) is 5.16 Å². The normalized spacial score (nSPS) is 30.8. The van der Waals surface area contributed by atoms with E-state index in [9.17, 15) is 4.79 Å². The first-order valence-corrected chi connectivity index (χ1v) is 6.11. The van der Waals surface area contributed by atoms with Crippen molar-refractivity contribution in [2.24, 2.45) is 11.1 Å². The Labute approximate surface area is 101 Å². The summed E-state index contributed by atoms with van der Waals surface area (Å²) >= 11 is 0. The lowest BCUT2D eigenvalue weighted by molar-refractivity contribution is 0.00637. The molecule has 0 aromatic rings. The molecular weight excluding hydrogens is 220 g/mol. The Bertz CT molecular complexity index is 346. The standard InChI is InChI=1S/C12H20N2O3/c1-12(2,3)17-11(15)14-7-8-4-5-10(14)9(6-8)13-16/h8,10,16H,4-7H2,1-3H3. The van der Waals surface area contributed by atoms with Gasteiger partial charge in [-0.05, 0) is 46.0 Å². The highest BCUT2D eigenvalue weighted by atomic mass is 16.6. The summed E-state index contributed by atoms with van der Waals surface area (Å²) in [6, 6.07) is -0.0696. The SMILES string of the molecule is CC(C)(C)OC(=O)N1CC2CCC1C(=NO)C2. The van der Waals surface area contributed by atoms with Crippen molar-refractivity contribution < 1.29 is 14.7 Å². The molecule has 5 nitrogen and oxygen atoms in total. The van der Waals surface area contributed by atoms with Crippen molar-refractivity contribution in [3.8, 4) is 0 Å². The molecule has 3 rings (SSSR count). The fourth-order valence-corrected chi connectivity index (χ4v) is 2.62. The fourth-order valence-electron chi connectivity index (χ4n) is 2.62. The third-order valence-corrected chi connectivity index (χ3v) is 3.32. The summed E-state index contributed by atoms with van der Waals surface area (Å²) in [5.41, 5.74) is 0.239. The lowest BCUT2D eigenvalue weighted by Gasteiger charge is -2.45. The third kappa shape index (κ3) is 2.53. The van der Waals surface area contributed by atoms with Crippen molar-refractivity contribution in [2.75, 3.05) is 6.54 Å². The van der Waals surface area contributed by atoms with Crippen LogP contribution in [0.2, 0.25) is 0 Å². The maximum atomic E-state index is 12.0. The van der Waals surface area contributed by atoms with Crippen LogP contribution in [0.5, 0.6) is 0 Å². The predicted octanol–water partition coefficient (Wildman–Crippen LogP) is 2.24. The van der Waals surface area contributed by atoms with Gasteiger partial charge < -0.3 is 9.94 Å². The number of carbonyl (C=O) groups excluding carboxylic acids is 1. The molecule has 5 heteroatoms. The van der Waals surface area contributed by atoms with Crippen molar-refractivity contribution in [1.29, 1.82) is 0 Å². The van der Waals surface area contributed by atoms with Crippen LogP contribution in [0.25, 0.3) is 0 Å². The molecule has 3 fully saturated rings. The Kier molecular flexibility index (Phi) is 3.02. The molecule has 1 saturated carbocycles. The second kappa shape index (κ2) is 4.20. The van der Waals surface area contributed by atoms with Gasteiger partial charge in [0, 0.05) is 6.54 Å². The molecular formula is C12H20N2O3. The van der Waals surface area contributed by atoms with Gasteiger partial charge in [0.2, 0.25) is 0 Å².